The normalized spacial score (nSPS) is 13.4. The largest absolute Gasteiger partial charge is 0.378 e. The van der Waals surface area contributed by atoms with E-state index in [0.717, 1.165) is 12.1 Å². The van der Waals surface area contributed by atoms with Gasteiger partial charge in [0.1, 0.15) is 28.4 Å². The Kier molecular flexibility index (Phi) is 6.83. The fourth-order valence-electron chi connectivity index (χ4n) is 3.82. The van der Waals surface area contributed by atoms with Crippen LogP contribution in [-0.4, -0.2) is 53.1 Å². The summed E-state index contributed by atoms with van der Waals surface area (Å²) in [4.78, 5) is 39.9. The molecule has 0 aliphatic carbocycles. The molecule has 194 valence electrons. The molecule has 0 saturated carbocycles. The van der Waals surface area contributed by atoms with E-state index in [1.807, 2.05) is 10.2 Å². The van der Waals surface area contributed by atoms with E-state index in [1.54, 1.807) is 0 Å². The molecule has 1 saturated heterocycles. The Hall–Kier alpha value is -4.65. The van der Waals surface area contributed by atoms with Crippen LogP contribution in [0.2, 0.25) is 0 Å². The number of ketones is 1. The van der Waals surface area contributed by atoms with Crippen LogP contribution in [0.25, 0.3) is 11.0 Å². The van der Waals surface area contributed by atoms with Crippen LogP contribution in [0.15, 0.2) is 48.8 Å². The van der Waals surface area contributed by atoms with Gasteiger partial charge in [-0.15, -0.1) is 0 Å². The summed E-state index contributed by atoms with van der Waals surface area (Å²) >= 11 is 0. The van der Waals surface area contributed by atoms with Crippen LogP contribution in [0, 0.1) is 23.3 Å². The number of fused-ring (bicyclic) bond motifs is 1. The molecule has 1 aliphatic rings. The van der Waals surface area contributed by atoms with Crippen molar-refractivity contribution in [3.63, 3.8) is 0 Å². The molecule has 0 bridgehead atoms. The van der Waals surface area contributed by atoms with Crippen molar-refractivity contribution in [2.45, 2.75) is 0 Å². The zero-order valence-corrected chi connectivity index (χ0v) is 19.5. The number of nitrogens with zero attached hydrogens (tertiary/aromatic N) is 4. The number of ether oxygens (including phenoxy) is 1. The highest BCUT2D eigenvalue weighted by Crippen LogP contribution is 2.27. The van der Waals surface area contributed by atoms with Gasteiger partial charge in [0.05, 0.1) is 36.8 Å². The van der Waals surface area contributed by atoms with E-state index < -0.39 is 52.0 Å². The molecule has 1 fully saturated rings. The smallest absolute Gasteiger partial charge is 0.323 e. The first-order valence-corrected chi connectivity index (χ1v) is 11.3. The number of hydrogen-bond acceptors (Lipinski definition) is 7. The first-order valence-electron chi connectivity index (χ1n) is 11.3. The van der Waals surface area contributed by atoms with E-state index in [4.69, 9.17) is 4.74 Å². The molecule has 3 heterocycles. The molecule has 0 spiro atoms. The van der Waals surface area contributed by atoms with E-state index >= 15 is 4.39 Å². The van der Waals surface area contributed by atoms with Gasteiger partial charge in [-0.25, -0.2) is 32.3 Å². The van der Waals surface area contributed by atoms with Gasteiger partial charge in [-0.3, -0.25) is 9.78 Å². The molecule has 2 aromatic carbocycles. The van der Waals surface area contributed by atoms with Gasteiger partial charge in [-0.05, 0) is 30.3 Å². The van der Waals surface area contributed by atoms with Gasteiger partial charge in [0, 0.05) is 24.8 Å². The molecule has 0 atom stereocenters. The van der Waals surface area contributed by atoms with Crippen molar-refractivity contribution < 1.29 is 31.9 Å². The van der Waals surface area contributed by atoms with Crippen LogP contribution in [0.5, 0.6) is 0 Å². The third-order valence-corrected chi connectivity index (χ3v) is 5.72. The topological polar surface area (TPSA) is 109 Å². The third-order valence-electron chi connectivity index (χ3n) is 5.72. The molecule has 0 unspecified atom stereocenters. The number of anilines is 3. The predicted molar refractivity (Wildman–Crippen MR) is 129 cm³/mol. The second-order valence-corrected chi connectivity index (χ2v) is 8.21. The van der Waals surface area contributed by atoms with Gasteiger partial charge in [-0.1, -0.05) is 0 Å². The lowest BCUT2D eigenvalue weighted by Crippen LogP contribution is -2.36. The minimum absolute atomic E-state index is 0.154. The van der Waals surface area contributed by atoms with Crippen LogP contribution in [0.1, 0.15) is 16.1 Å². The van der Waals surface area contributed by atoms with Crippen molar-refractivity contribution >= 4 is 40.0 Å². The van der Waals surface area contributed by atoms with Gasteiger partial charge in [0.25, 0.3) is 0 Å². The molecule has 2 amide bonds. The summed E-state index contributed by atoms with van der Waals surface area (Å²) in [5.74, 6) is -6.10. The van der Waals surface area contributed by atoms with Crippen LogP contribution in [0.3, 0.4) is 0 Å². The molecule has 5 rings (SSSR count). The molecule has 0 radical (unpaired) electrons. The van der Waals surface area contributed by atoms with Crippen molar-refractivity contribution in [1.29, 1.82) is 0 Å². The fourth-order valence-corrected chi connectivity index (χ4v) is 3.82. The summed E-state index contributed by atoms with van der Waals surface area (Å²) in [5.41, 5.74) is -1.72. The minimum atomic E-state index is -1.74. The van der Waals surface area contributed by atoms with E-state index in [0.29, 0.717) is 43.7 Å². The lowest BCUT2D eigenvalue weighted by Gasteiger charge is -2.27. The molecule has 9 nitrogen and oxygen atoms in total. The van der Waals surface area contributed by atoms with E-state index in [9.17, 15) is 22.8 Å². The first-order chi connectivity index (χ1) is 18.3. The van der Waals surface area contributed by atoms with E-state index in [2.05, 4.69) is 20.3 Å². The SMILES string of the molecule is O=C(Nc1ccc(F)cc1)Nc1cc(F)c(F)c(C(=O)c2cc3nc(N4CCOCC4)cnc3cn2)c1F. The van der Waals surface area contributed by atoms with Crippen LogP contribution >= 0.6 is 0 Å². The number of morpholine rings is 1. The number of amides is 2. The number of nitrogens with one attached hydrogen (secondary N) is 2. The molecule has 13 heteroatoms. The molecule has 1 aliphatic heterocycles. The molecule has 4 aromatic rings. The molecule has 2 aromatic heterocycles. The average Bonchev–Trinajstić information content (AvgIpc) is 2.93. The van der Waals surface area contributed by atoms with Crippen LogP contribution < -0.4 is 15.5 Å². The van der Waals surface area contributed by atoms with E-state index in [1.165, 1.54) is 30.6 Å². The Morgan fingerprint density at radius 2 is 1.61 bits per heavy atom. The number of carbonyl (C=O) groups excluding carboxylic acids is 2. The fraction of sp³-hybridized carbons (Fsp3) is 0.160. The van der Waals surface area contributed by atoms with E-state index in [-0.39, 0.29) is 11.2 Å². The predicted octanol–water partition coefficient (Wildman–Crippen LogP) is 4.29. The first kappa shape index (κ1) is 25.0. The second-order valence-electron chi connectivity index (χ2n) is 8.21. The van der Waals surface area contributed by atoms with Gasteiger partial charge in [0.15, 0.2) is 17.5 Å². The number of aromatic nitrogens is 3. The number of urea groups is 1. The Morgan fingerprint density at radius 1 is 0.868 bits per heavy atom. The highest BCUT2D eigenvalue weighted by molar-refractivity contribution is 6.10. The molecule has 2 N–H and O–H groups in total. The number of pyridine rings is 1. The summed E-state index contributed by atoms with van der Waals surface area (Å²) in [5, 5.41) is 4.31. The van der Waals surface area contributed by atoms with Gasteiger partial charge < -0.3 is 20.3 Å². The highest BCUT2D eigenvalue weighted by atomic mass is 19.2. The molecule has 38 heavy (non-hydrogen) atoms. The maximum absolute atomic E-state index is 15.2. The second kappa shape index (κ2) is 10.4. The number of benzene rings is 2. The summed E-state index contributed by atoms with van der Waals surface area (Å²) in [6, 6.07) is 5.21. The van der Waals surface area contributed by atoms with Gasteiger partial charge in [-0.2, -0.15) is 0 Å². The summed E-state index contributed by atoms with van der Waals surface area (Å²) < 4.78 is 62.6. The zero-order valence-electron chi connectivity index (χ0n) is 19.5. The summed E-state index contributed by atoms with van der Waals surface area (Å²) in [6.45, 7) is 2.19. The van der Waals surface area contributed by atoms with Gasteiger partial charge >= 0.3 is 6.03 Å². The third kappa shape index (κ3) is 5.09. The Morgan fingerprint density at radius 3 is 2.34 bits per heavy atom. The summed E-state index contributed by atoms with van der Waals surface area (Å²) in [6.07, 6.45) is 2.75. The minimum Gasteiger partial charge on any atom is -0.378 e. The van der Waals surface area contributed by atoms with Crippen LogP contribution in [0.4, 0.5) is 39.5 Å². The number of rotatable bonds is 5. The lowest BCUT2D eigenvalue weighted by atomic mass is 10.0. The van der Waals surface area contributed by atoms with Crippen molar-refractivity contribution in [1.82, 2.24) is 15.0 Å². The summed E-state index contributed by atoms with van der Waals surface area (Å²) in [7, 11) is 0. The standard InChI is InChI=1S/C25H18F4N6O3/c26-13-1-3-14(4-2-13)32-25(37)34-17-9-15(27)22(28)21(23(17)29)24(36)18-10-16-19(11-30-18)31-12-20(33-16)35-5-7-38-8-6-35/h1-4,9-12H,5-8H2,(H2,32,34,37). The monoisotopic (exact) mass is 526 g/mol. The Bertz CT molecular complexity index is 1540. The quantitative estimate of drug-likeness (QED) is 0.227. The average molecular weight is 526 g/mol. The Labute approximate surface area is 212 Å². The number of hydrogen-bond donors (Lipinski definition) is 2. The van der Waals surface area contributed by atoms with Crippen molar-refractivity contribution in [3.8, 4) is 0 Å². The maximum atomic E-state index is 15.2. The Balaban J connectivity index is 1.44. The maximum Gasteiger partial charge on any atom is 0.323 e. The molecular formula is C25H18F4N6O3. The molecular weight excluding hydrogens is 508 g/mol. The highest BCUT2D eigenvalue weighted by Gasteiger charge is 2.27. The van der Waals surface area contributed by atoms with Gasteiger partial charge in [0.2, 0.25) is 5.78 Å². The number of carbonyl (C=O) groups is 2. The van der Waals surface area contributed by atoms with Crippen molar-refractivity contribution in [2.24, 2.45) is 0 Å². The lowest BCUT2D eigenvalue weighted by molar-refractivity contribution is 0.102. The van der Waals surface area contributed by atoms with Crippen molar-refractivity contribution in [3.05, 3.63) is 83.3 Å². The zero-order chi connectivity index (χ0) is 26.8. The number of halogens is 4. The van der Waals surface area contributed by atoms with Crippen LogP contribution in [-0.2, 0) is 4.74 Å². The van der Waals surface area contributed by atoms with Crippen molar-refractivity contribution in [2.75, 3.05) is 41.8 Å².